The Kier molecular flexibility index (Phi) is 3.02. The van der Waals surface area contributed by atoms with Crippen LogP contribution in [0.1, 0.15) is 10.4 Å². The molecule has 3 aromatic rings. The standard InChI is InChI=1S/C14H14N4O/c19-14(15-5-8-18-6-1-2-7-18)11-3-4-12-10-16-17-13(12)9-11/h1-4,6-7,9-10H,5,8H2,(H,15,19)(H,16,17). The number of H-pyrrole nitrogens is 1. The molecule has 0 unspecified atom stereocenters. The Hall–Kier alpha value is -2.56. The minimum Gasteiger partial charge on any atom is -0.353 e. The number of aromatic nitrogens is 3. The van der Waals surface area contributed by atoms with Gasteiger partial charge < -0.3 is 9.88 Å². The van der Waals surface area contributed by atoms with Crippen molar-refractivity contribution in [2.24, 2.45) is 0 Å². The van der Waals surface area contributed by atoms with Gasteiger partial charge in [-0.15, -0.1) is 0 Å². The van der Waals surface area contributed by atoms with Gasteiger partial charge in [-0.05, 0) is 24.3 Å². The lowest BCUT2D eigenvalue weighted by Gasteiger charge is -2.06. The minimum absolute atomic E-state index is 0.0661. The largest absolute Gasteiger partial charge is 0.353 e. The summed E-state index contributed by atoms with van der Waals surface area (Å²) in [6.45, 7) is 1.37. The highest BCUT2D eigenvalue weighted by atomic mass is 16.1. The van der Waals surface area contributed by atoms with E-state index in [1.807, 2.05) is 47.3 Å². The van der Waals surface area contributed by atoms with Gasteiger partial charge in [0.2, 0.25) is 0 Å². The van der Waals surface area contributed by atoms with Gasteiger partial charge in [-0.1, -0.05) is 6.07 Å². The molecule has 0 radical (unpaired) electrons. The number of benzene rings is 1. The molecule has 19 heavy (non-hydrogen) atoms. The molecule has 1 amide bonds. The van der Waals surface area contributed by atoms with Crippen molar-refractivity contribution in [3.05, 3.63) is 54.5 Å². The van der Waals surface area contributed by atoms with Crippen LogP contribution < -0.4 is 5.32 Å². The Morgan fingerprint density at radius 1 is 1.32 bits per heavy atom. The summed E-state index contributed by atoms with van der Waals surface area (Å²) in [5, 5.41) is 10.7. The molecule has 1 aromatic carbocycles. The van der Waals surface area contributed by atoms with Gasteiger partial charge in [0.25, 0.3) is 5.91 Å². The van der Waals surface area contributed by atoms with Crippen LogP contribution in [0.25, 0.3) is 10.9 Å². The minimum atomic E-state index is -0.0661. The zero-order valence-corrected chi connectivity index (χ0v) is 10.3. The van der Waals surface area contributed by atoms with Crippen LogP contribution in [0.15, 0.2) is 48.9 Å². The maximum absolute atomic E-state index is 12.0. The third-order valence-corrected chi connectivity index (χ3v) is 3.03. The van der Waals surface area contributed by atoms with E-state index >= 15 is 0 Å². The van der Waals surface area contributed by atoms with E-state index in [1.54, 1.807) is 6.20 Å². The summed E-state index contributed by atoms with van der Waals surface area (Å²) in [7, 11) is 0. The van der Waals surface area contributed by atoms with E-state index < -0.39 is 0 Å². The molecule has 5 heteroatoms. The first-order valence-corrected chi connectivity index (χ1v) is 6.15. The van der Waals surface area contributed by atoms with E-state index in [9.17, 15) is 4.79 Å². The molecule has 0 saturated carbocycles. The second-order valence-corrected chi connectivity index (χ2v) is 4.35. The zero-order valence-electron chi connectivity index (χ0n) is 10.3. The highest BCUT2D eigenvalue weighted by Crippen LogP contribution is 2.12. The van der Waals surface area contributed by atoms with E-state index in [4.69, 9.17) is 0 Å². The van der Waals surface area contributed by atoms with Gasteiger partial charge in [0.15, 0.2) is 0 Å². The summed E-state index contributed by atoms with van der Waals surface area (Å²) in [6, 6.07) is 9.44. The van der Waals surface area contributed by atoms with Crippen LogP contribution in [0.3, 0.4) is 0 Å². The lowest BCUT2D eigenvalue weighted by molar-refractivity contribution is 0.0952. The Morgan fingerprint density at radius 3 is 3.00 bits per heavy atom. The van der Waals surface area contributed by atoms with E-state index in [1.165, 1.54) is 0 Å². The quantitative estimate of drug-likeness (QED) is 0.745. The van der Waals surface area contributed by atoms with Gasteiger partial charge >= 0.3 is 0 Å². The molecule has 0 bridgehead atoms. The van der Waals surface area contributed by atoms with E-state index in [2.05, 4.69) is 15.5 Å². The molecule has 0 aliphatic rings. The van der Waals surface area contributed by atoms with Crippen molar-refractivity contribution in [2.45, 2.75) is 6.54 Å². The summed E-state index contributed by atoms with van der Waals surface area (Å²) in [5.74, 6) is -0.0661. The lowest BCUT2D eigenvalue weighted by atomic mass is 10.1. The number of fused-ring (bicyclic) bond motifs is 1. The Labute approximate surface area is 110 Å². The number of amides is 1. The predicted octanol–water partition coefficient (Wildman–Crippen LogP) is 1.79. The highest BCUT2D eigenvalue weighted by molar-refractivity contribution is 5.97. The van der Waals surface area contributed by atoms with Crippen LogP contribution in [-0.2, 0) is 6.54 Å². The Morgan fingerprint density at radius 2 is 2.16 bits per heavy atom. The van der Waals surface area contributed by atoms with Crippen LogP contribution in [0.2, 0.25) is 0 Å². The summed E-state index contributed by atoms with van der Waals surface area (Å²) in [4.78, 5) is 12.0. The number of aromatic amines is 1. The monoisotopic (exact) mass is 254 g/mol. The summed E-state index contributed by atoms with van der Waals surface area (Å²) in [5.41, 5.74) is 1.52. The first-order valence-electron chi connectivity index (χ1n) is 6.15. The predicted molar refractivity (Wildman–Crippen MR) is 72.9 cm³/mol. The van der Waals surface area contributed by atoms with Gasteiger partial charge in [-0.25, -0.2) is 0 Å². The molecule has 0 saturated heterocycles. The summed E-state index contributed by atoms with van der Waals surface area (Å²) in [6.07, 6.45) is 5.69. The Bertz CT molecular complexity index is 684. The molecule has 0 atom stereocenters. The number of hydrogen-bond acceptors (Lipinski definition) is 2. The second-order valence-electron chi connectivity index (χ2n) is 4.35. The smallest absolute Gasteiger partial charge is 0.251 e. The molecule has 0 aliphatic carbocycles. The molecule has 96 valence electrons. The Balaban J connectivity index is 1.63. The van der Waals surface area contributed by atoms with Crippen LogP contribution in [-0.4, -0.2) is 27.2 Å². The van der Waals surface area contributed by atoms with Crippen molar-refractivity contribution in [1.82, 2.24) is 20.1 Å². The summed E-state index contributed by atoms with van der Waals surface area (Å²) < 4.78 is 2.03. The highest BCUT2D eigenvalue weighted by Gasteiger charge is 2.06. The molecule has 2 heterocycles. The maximum atomic E-state index is 12.0. The topological polar surface area (TPSA) is 62.7 Å². The number of nitrogens with zero attached hydrogens (tertiary/aromatic N) is 2. The molecular formula is C14H14N4O. The van der Waals surface area contributed by atoms with Crippen LogP contribution in [0.5, 0.6) is 0 Å². The third kappa shape index (κ3) is 2.49. The molecule has 3 rings (SSSR count). The van der Waals surface area contributed by atoms with Crippen molar-refractivity contribution < 1.29 is 4.79 Å². The average Bonchev–Trinajstić information content (AvgIpc) is 3.08. The van der Waals surface area contributed by atoms with Crippen LogP contribution in [0.4, 0.5) is 0 Å². The molecule has 2 aromatic heterocycles. The van der Waals surface area contributed by atoms with Gasteiger partial charge in [0.1, 0.15) is 0 Å². The first kappa shape index (κ1) is 11.5. The van der Waals surface area contributed by atoms with Gasteiger partial charge in [-0.2, -0.15) is 5.10 Å². The SMILES string of the molecule is O=C(NCCn1cccc1)c1ccc2cn[nH]c2c1. The molecule has 0 aliphatic heterocycles. The van der Waals surface area contributed by atoms with Gasteiger partial charge in [0.05, 0.1) is 11.7 Å². The van der Waals surface area contributed by atoms with Crippen LogP contribution in [0, 0.1) is 0 Å². The summed E-state index contributed by atoms with van der Waals surface area (Å²) >= 11 is 0. The third-order valence-electron chi connectivity index (χ3n) is 3.03. The molecular weight excluding hydrogens is 240 g/mol. The second kappa shape index (κ2) is 4.97. The van der Waals surface area contributed by atoms with E-state index in [0.717, 1.165) is 17.4 Å². The fraction of sp³-hybridized carbons (Fsp3) is 0.143. The van der Waals surface area contributed by atoms with Crippen LogP contribution >= 0.6 is 0 Å². The number of carbonyl (C=O) groups is 1. The molecule has 0 spiro atoms. The molecule has 0 fully saturated rings. The zero-order chi connectivity index (χ0) is 13.1. The molecule has 5 nitrogen and oxygen atoms in total. The fourth-order valence-corrected chi connectivity index (χ4v) is 2.00. The van der Waals surface area contributed by atoms with E-state index in [0.29, 0.717) is 12.1 Å². The fourth-order valence-electron chi connectivity index (χ4n) is 2.00. The number of carbonyl (C=O) groups excluding carboxylic acids is 1. The van der Waals surface area contributed by atoms with Gasteiger partial charge in [-0.3, -0.25) is 9.89 Å². The maximum Gasteiger partial charge on any atom is 0.251 e. The van der Waals surface area contributed by atoms with Gasteiger partial charge in [0, 0.05) is 36.4 Å². The van der Waals surface area contributed by atoms with Crippen molar-refractivity contribution in [3.63, 3.8) is 0 Å². The first-order chi connectivity index (χ1) is 9.33. The number of nitrogens with one attached hydrogen (secondary N) is 2. The number of rotatable bonds is 4. The molecule has 2 N–H and O–H groups in total. The van der Waals surface area contributed by atoms with Crippen molar-refractivity contribution in [2.75, 3.05) is 6.54 Å². The number of hydrogen-bond donors (Lipinski definition) is 2. The van der Waals surface area contributed by atoms with Crippen molar-refractivity contribution >= 4 is 16.8 Å². The average molecular weight is 254 g/mol. The lowest BCUT2D eigenvalue weighted by Crippen LogP contribution is -2.26. The van der Waals surface area contributed by atoms with Crippen molar-refractivity contribution in [3.8, 4) is 0 Å². The normalized spacial score (nSPS) is 10.7. The van der Waals surface area contributed by atoms with Crippen molar-refractivity contribution in [1.29, 1.82) is 0 Å². The van der Waals surface area contributed by atoms with E-state index in [-0.39, 0.29) is 5.91 Å².